The highest BCUT2D eigenvalue weighted by atomic mass is 35.5. The summed E-state index contributed by atoms with van der Waals surface area (Å²) in [5, 5.41) is 4.85. The van der Waals surface area contributed by atoms with E-state index in [0.717, 1.165) is 11.3 Å². The van der Waals surface area contributed by atoms with Crippen LogP contribution in [0.5, 0.6) is 5.75 Å². The summed E-state index contributed by atoms with van der Waals surface area (Å²) in [6.45, 7) is 7.34. The second-order valence-corrected chi connectivity index (χ2v) is 6.76. The fraction of sp³-hybridized carbons (Fsp3) is 0.412. The molecule has 1 atom stereocenters. The van der Waals surface area contributed by atoms with Gasteiger partial charge in [0.25, 0.3) is 0 Å². The number of nitrogens with zero attached hydrogens (tertiary/aromatic N) is 2. The quantitative estimate of drug-likeness (QED) is 0.792. The smallest absolute Gasteiger partial charge is 0.313 e. The van der Waals surface area contributed by atoms with Gasteiger partial charge in [0.2, 0.25) is 0 Å². The second kappa shape index (κ2) is 6.62. The average Bonchev–Trinajstić information content (AvgIpc) is 2.93. The van der Waals surface area contributed by atoms with Crippen LogP contribution in [0.1, 0.15) is 39.2 Å². The molecule has 0 bridgehead atoms. The van der Waals surface area contributed by atoms with E-state index >= 15 is 0 Å². The molecule has 23 heavy (non-hydrogen) atoms. The van der Waals surface area contributed by atoms with Gasteiger partial charge in [-0.3, -0.25) is 4.79 Å². The molecule has 0 fully saturated rings. The predicted octanol–water partition coefficient (Wildman–Crippen LogP) is 3.98. The van der Waals surface area contributed by atoms with Crippen molar-refractivity contribution in [2.75, 3.05) is 7.11 Å². The topological polar surface area (TPSA) is 53.4 Å². The zero-order chi connectivity index (χ0) is 17.2. The van der Waals surface area contributed by atoms with Gasteiger partial charge in [-0.05, 0) is 39.8 Å². The zero-order valence-corrected chi connectivity index (χ0v) is 14.7. The summed E-state index contributed by atoms with van der Waals surface area (Å²) >= 11 is 6.08. The number of aromatic nitrogens is 2. The summed E-state index contributed by atoms with van der Waals surface area (Å²) in [5.41, 5.74) is 1.02. The minimum Gasteiger partial charge on any atom is -0.497 e. The first-order valence-electron chi connectivity index (χ1n) is 7.32. The van der Waals surface area contributed by atoms with E-state index in [1.807, 2.05) is 26.8 Å². The number of rotatable bonds is 4. The Hall–Kier alpha value is -2.01. The van der Waals surface area contributed by atoms with Crippen LogP contribution in [0.15, 0.2) is 30.6 Å². The van der Waals surface area contributed by atoms with Gasteiger partial charge < -0.3 is 9.47 Å². The van der Waals surface area contributed by atoms with Gasteiger partial charge in [-0.25, -0.2) is 4.68 Å². The molecule has 1 aromatic carbocycles. The van der Waals surface area contributed by atoms with E-state index in [-0.39, 0.29) is 5.97 Å². The molecule has 0 spiro atoms. The van der Waals surface area contributed by atoms with Gasteiger partial charge in [0.1, 0.15) is 11.4 Å². The van der Waals surface area contributed by atoms with Crippen molar-refractivity contribution in [3.8, 4) is 11.4 Å². The van der Waals surface area contributed by atoms with E-state index in [9.17, 15) is 4.79 Å². The standard InChI is InChI=1S/C17H21ClN2O3/c1-11(16(21)23-17(2,3)4)12-9-19-20(10-12)14-6-13(18)7-15(8-14)22-5/h6-11H,1-5H3. The largest absolute Gasteiger partial charge is 0.497 e. The molecule has 0 aliphatic rings. The molecule has 1 heterocycles. The molecule has 0 aliphatic carbocycles. The van der Waals surface area contributed by atoms with Crippen molar-refractivity contribution in [2.24, 2.45) is 0 Å². The number of carbonyl (C=O) groups is 1. The van der Waals surface area contributed by atoms with E-state index in [1.54, 1.807) is 43.2 Å². The first-order chi connectivity index (χ1) is 10.7. The minimum atomic E-state index is -0.512. The number of hydrogen-bond acceptors (Lipinski definition) is 4. The van der Waals surface area contributed by atoms with Crippen LogP contribution in [0.25, 0.3) is 5.69 Å². The molecule has 124 valence electrons. The van der Waals surface area contributed by atoms with Crippen LogP contribution in [-0.4, -0.2) is 28.5 Å². The van der Waals surface area contributed by atoms with E-state index in [1.165, 1.54) is 0 Å². The molecule has 0 aliphatic heterocycles. The Morgan fingerprint density at radius 2 is 2.00 bits per heavy atom. The third-order valence-corrected chi connectivity index (χ3v) is 3.44. The summed E-state index contributed by atoms with van der Waals surface area (Å²) in [5.74, 6) is -0.0329. The Bertz CT molecular complexity index is 704. The van der Waals surface area contributed by atoms with Gasteiger partial charge in [0, 0.05) is 22.8 Å². The lowest BCUT2D eigenvalue weighted by atomic mass is 10.1. The van der Waals surface area contributed by atoms with Crippen molar-refractivity contribution in [2.45, 2.75) is 39.2 Å². The van der Waals surface area contributed by atoms with Gasteiger partial charge in [0.15, 0.2) is 0 Å². The third kappa shape index (κ3) is 4.48. The number of esters is 1. The number of hydrogen-bond donors (Lipinski definition) is 0. The maximum Gasteiger partial charge on any atom is 0.313 e. The van der Waals surface area contributed by atoms with E-state index in [0.29, 0.717) is 10.8 Å². The van der Waals surface area contributed by atoms with Gasteiger partial charge >= 0.3 is 5.97 Å². The van der Waals surface area contributed by atoms with Crippen molar-refractivity contribution in [1.82, 2.24) is 9.78 Å². The fourth-order valence-electron chi connectivity index (χ4n) is 2.03. The van der Waals surface area contributed by atoms with Gasteiger partial charge in [-0.15, -0.1) is 0 Å². The van der Waals surface area contributed by atoms with Crippen molar-refractivity contribution < 1.29 is 14.3 Å². The lowest BCUT2D eigenvalue weighted by molar-refractivity contribution is -0.156. The molecule has 2 rings (SSSR count). The maximum atomic E-state index is 12.2. The maximum absolute atomic E-state index is 12.2. The Morgan fingerprint density at radius 1 is 1.30 bits per heavy atom. The van der Waals surface area contributed by atoms with Crippen LogP contribution in [-0.2, 0) is 9.53 Å². The SMILES string of the molecule is COc1cc(Cl)cc(-n2cc(C(C)C(=O)OC(C)(C)C)cn2)c1. The summed E-state index contributed by atoms with van der Waals surface area (Å²) in [7, 11) is 1.58. The van der Waals surface area contributed by atoms with Crippen LogP contribution in [0.3, 0.4) is 0 Å². The third-order valence-electron chi connectivity index (χ3n) is 3.22. The first-order valence-corrected chi connectivity index (χ1v) is 7.70. The number of ether oxygens (including phenoxy) is 2. The monoisotopic (exact) mass is 336 g/mol. The van der Waals surface area contributed by atoms with E-state index < -0.39 is 11.5 Å². The van der Waals surface area contributed by atoms with Gasteiger partial charge in [-0.1, -0.05) is 11.6 Å². The molecular weight excluding hydrogens is 316 g/mol. The average molecular weight is 337 g/mol. The predicted molar refractivity (Wildman–Crippen MR) is 89.4 cm³/mol. The lowest BCUT2D eigenvalue weighted by Gasteiger charge is -2.21. The molecule has 2 aromatic rings. The molecule has 0 amide bonds. The van der Waals surface area contributed by atoms with Crippen molar-refractivity contribution in [1.29, 1.82) is 0 Å². The lowest BCUT2D eigenvalue weighted by Crippen LogP contribution is -2.26. The summed E-state index contributed by atoms with van der Waals surface area (Å²) in [6.07, 6.45) is 3.45. The van der Waals surface area contributed by atoms with Gasteiger partial charge in [-0.2, -0.15) is 5.10 Å². The summed E-state index contributed by atoms with van der Waals surface area (Å²) in [6, 6.07) is 5.32. The van der Waals surface area contributed by atoms with Crippen LogP contribution in [0, 0.1) is 0 Å². The molecule has 0 saturated heterocycles. The molecule has 0 radical (unpaired) electrons. The van der Waals surface area contributed by atoms with Crippen LogP contribution >= 0.6 is 11.6 Å². The van der Waals surface area contributed by atoms with Crippen molar-refractivity contribution in [3.05, 3.63) is 41.2 Å². The molecule has 6 heteroatoms. The highest BCUT2D eigenvalue weighted by Crippen LogP contribution is 2.25. The highest BCUT2D eigenvalue weighted by molar-refractivity contribution is 6.30. The Balaban J connectivity index is 2.23. The van der Waals surface area contributed by atoms with Crippen LogP contribution < -0.4 is 4.74 Å². The molecule has 1 aromatic heterocycles. The van der Waals surface area contributed by atoms with E-state index in [2.05, 4.69) is 5.10 Å². The number of benzene rings is 1. The van der Waals surface area contributed by atoms with E-state index in [4.69, 9.17) is 21.1 Å². The molecule has 0 N–H and O–H groups in total. The summed E-state index contributed by atoms with van der Waals surface area (Å²) < 4.78 is 12.3. The second-order valence-electron chi connectivity index (χ2n) is 6.32. The number of halogens is 1. The van der Waals surface area contributed by atoms with Gasteiger partial charge in [0.05, 0.1) is 24.9 Å². The highest BCUT2D eigenvalue weighted by Gasteiger charge is 2.24. The van der Waals surface area contributed by atoms with Crippen LogP contribution in [0.4, 0.5) is 0 Å². The fourth-order valence-corrected chi connectivity index (χ4v) is 2.25. The van der Waals surface area contributed by atoms with Crippen molar-refractivity contribution in [3.63, 3.8) is 0 Å². The molecule has 1 unspecified atom stereocenters. The molecule has 0 saturated carbocycles. The Kier molecular flexibility index (Phi) is 5.00. The molecular formula is C17H21ClN2O3. The Morgan fingerprint density at radius 3 is 2.61 bits per heavy atom. The zero-order valence-electron chi connectivity index (χ0n) is 14.0. The first kappa shape index (κ1) is 17.3. The molecule has 5 nitrogen and oxygen atoms in total. The van der Waals surface area contributed by atoms with Crippen molar-refractivity contribution >= 4 is 17.6 Å². The number of carbonyl (C=O) groups excluding carboxylic acids is 1. The minimum absolute atomic E-state index is 0.277. The normalized spacial score (nSPS) is 12.8. The summed E-state index contributed by atoms with van der Waals surface area (Å²) in [4.78, 5) is 12.2. The van der Waals surface area contributed by atoms with Crippen LogP contribution in [0.2, 0.25) is 5.02 Å². The number of methoxy groups -OCH3 is 1. The Labute approximate surface area is 141 Å².